The van der Waals surface area contributed by atoms with Gasteiger partial charge in [0, 0.05) is 32.7 Å². The molecule has 0 bridgehead atoms. The molecule has 144 valence electrons. The van der Waals surface area contributed by atoms with Crippen LogP contribution in [0.15, 0.2) is 29.2 Å². The Morgan fingerprint density at radius 2 is 1.81 bits per heavy atom. The third-order valence-corrected chi connectivity index (χ3v) is 6.87. The fourth-order valence-corrected chi connectivity index (χ4v) is 4.69. The van der Waals surface area contributed by atoms with Gasteiger partial charge in [0.05, 0.1) is 18.1 Å². The topological polar surface area (TPSA) is 79.0 Å². The number of carbonyl (C=O) groups is 1. The van der Waals surface area contributed by atoms with Crippen molar-refractivity contribution in [2.24, 2.45) is 0 Å². The molecule has 2 aliphatic heterocycles. The third kappa shape index (κ3) is 4.09. The number of benzene rings is 1. The van der Waals surface area contributed by atoms with E-state index in [9.17, 15) is 13.2 Å². The molecule has 2 heterocycles. The molecular weight excluding hydrogens is 354 g/mol. The van der Waals surface area contributed by atoms with Crippen LogP contribution in [0.5, 0.6) is 0 Å². The Kier molecular flexibility index (Phi) is 5.96. The van der Waals surface area contributed by atoms with E-state index in [1.807, 2.05) is 12.1 Å². The minimum atomic E-state index is -3.52. The highest BCUT2D eigenvalue weighted by Crippen LogP contribution is 2.21. The SMILES string of the molecule is CC(C)c1ccc(S(=O)(=O)N2CCN(C(=O)C3COCCN3)CC2)cc1. The molecule has 1 N–H and O–H groups in total. The Bertz CT molecular complexity index is 719. The molecule has 0 radical (unpaired) electrons. The van der Waals surface area contributed by atoms with E-state index < -0.39 is 10.0 Å². The van der Waals surface area contributed by atoms with E-state index in [4.69, 9.17) is 4.74 Å². The highest BCUT2D eigenvalue weighted by atomic mass is 32.2. The van der Waals surface area contributed by atoms with E-state index >= 15 is 0 Å². The number of nitrogens with one attached hydrogen (secondary N) is 1. The maximum Gasteiger partial charge on any atom is 0.243 e. The highest BCUT2D eigenvalue weighted by molar-refractivity contribution is 7.89. The van der Waals surface area contributed by atoms with Gasteiger partial charge in [0.15, 0.2) is 0 Å². The molecule has 2 aliphatic rings. The molecule has 3 rings (SSSR count). The van der Waals surface area contributed by atoms with Crippen LogP contribution in [-0.2, 0) is 19.6 Å². The fraction of sp³-hybridized carbons (Fsp3) is 0.611. The van der Waals surface area contributed by atoms with E-state index in [-0.39, 0.29) is 11.9 Å². The lowest BCUT2D eigenvalue weighted by Crippen LogP contribution is -2.57. The summed E-state index contributed by atoms with van der Waals surface area (Å²) < 4.78 is 32.5. The summed E-state index contributed by atoms with van der Waals surface area (Å²) in [4.78, 5) is 14.5. The number of nitrogens with zero attached hydrogens (tertiary/aromatic N) is 2. The summed E-state index contributed by atoms with van der Waals surface area (Å²) in [5, 5.41) is 3.15. The molecule has 7 nitrogen and oxygen atoms in total. The van der Waals surface area contributed by atoms with Crippen molar-refractivity contribution in [3.8, 4) is 0 Å². The molecule has 1 aromatic rings. The van der Waals surface area contributed by atoms with Gasteiger partial charge in [0.1, 0.15) is 6.04 Å². The maximum atomic E-state index is 12.8. The Morgan fingerprint density at radius 1 is 1.15 bits per heavy atom. The number of sulfonamides is 1. The van der Waals surface area contributed by atoms with Crippen molar-refractivity contribution in [2.45, 2.75) is 30.7 Å². The predicted molar refractivity (Wildman–Crippen MR) is 98.5 cm³/mol. The molecule has 1 amide bonds. The summed E-state index contributed by atoms with van der Waals surface area (Å²) >= 11 is 0. The first-order valence-electron chi connectivity index (χ1n) is 9.09. The second kappa shape index (κ2) is 8.04. The molecule has 8 heteroatoms. The molecule has 0 spiro atoms. The van der Waals surface area contributed by atoms with Gasteiger partial charge in [-0.25, -0.2) is 8.42 Å². The summed E-state index contributed by atoms with van der Waals surface area (Å²) in [6, 6.07) is 6.75. The maximum absolute atomic E-state index is 12.8. The number of carbonyl (C=O) groups excluding carboxylic acids is 1. The normalized spacial score (nSPS) is 22.6. The van der Waals surface area contributed by atoms with Crippen LogP contribution in [0.1, 0.15) is 25.3 Å². The van der Waals surface area contributed by atoms with Crippen molar-refractivity contribution < 1.29 is 17.9 Å². The summed E-state index contributed by atoms with van der Waals surface area (Å²) in [6.45, 7) is 7.24. The van der Waals surface area contributed by atoms with Crippen molar-refractivity contribution >= 4 is 15.9 Å². The number of morpholine rings is 1. The van der Waals surface area contributed by atoms with E-state index in [1.54, 1.807) is 17.0 Å². The molecule has 2 fully saturated rings. The van der Waals surface area contributed by atoms with Crippen molar-refractivity contribution in [1.29, 1.82) is 0 Å². The van der Waals surface area contributed by atoms with Crippen LogP contribution in [0.4, 0.5) is 0 Å². The first kappa shape index (κ1) is 19.3. The number of hydrogen-bond donors (Lipinski definition) is 1. The molecule has 0 aliphatic carbocycles. The van der Waals surface area contributed by atoms with Gasteiger partial charge >= 0.3 is 0 Å². The summed E-state index contributed by atoms with van der Waals surface area (Å²) in [6.07, 6.45) is 0. The predicted octanol–water partition coefficient (Wildman–Crippen LogP) is 0.631. The average molecular weight is 381 g/mol. The average Bonchev–Trinajstić information content (AvgIpc) is 2.68. The van der Waals surface area contributed by atoms with Crippen LogP contribution in [0.25, 0.3) is 0 Å². The largest absolute Gasteiger partial charge is 0.378 e. The second-order valence-corrected chi connectivity index (χ2v) is 8.97. The standard InChI is InChI=1S/C18H27N3O4S/c1-14(2)15-3-5-16(6-4-15)26(23,24)21-10-8-20(9-11-21)18(22)17-13-25-12-7-19-17/h3-6,14,17,19H,7-13H2,1-2H3. The summed E-state index contributed by atoms with van der Waals surface area (Å²) in [5.74, 6) is 0.349. The zero-order chi connectivity index (χ0) is 18.7. The van der Waals surface area contributed by atoms with Crippen LogP contribution in [0.3, 0.4) is 0 Å². The van der Waals surface area contributed by atoms with Gasteiger partial charge < -0.3 is 15.0 Å². The number of hydrogen-bond acceptors (Lipinski definition) is 5. The van der Waals surface area contributed by atoms with E-state index in [0.29, 0.717) is 56.8 Å². The van der Waals surface area contributed by atoms with Crippen molar-refractivity contribution in [2.75, 3.05) is 45.9 Å². The van der Waals surface area contributed by atoms with Crippen LogP contribution in [0, 0.1) is 0 Å². The summed E-state index contributed by atoms with van der Waals surface area (Å²) in [7, 11) is -3.52. The Balaban J connectivity index is 1.62. The Labute approximate surface area is 155 Å². The fourth-order valence-electron chi connectivity index (χ4n) is 3.27. The van der Waals surface area contributed by atoms with Crippen LogP contribution in [-0.4, -0.2) is 75.5 Å². The monoisotopic (exact) mass is 381 g/mol. The number of piperazine rings is 1. The van der Waals surface area contributed by atoms with Gasteiger partial charge in [-0.2, -0.15) is 4.31 Å². The quantitative estimate of drug-likeness (QED) is 0.828. The number of amides is 1. The van der Waals surface area contributed by atoms with Crippen molar-refractivity contribution in [1.82, 2.24) is 14.5 Å². The highest BCUT2D eigenvalue weighted by Gasteiger charge is 2.33. The van der Waals surface area contributed by atoms with Gasteiger partial charge in [-0.1, -0.05) is 26.0 Å². The first-order chi connectivity index (χ1) is 12.4. The molecule has 1 aromatic carbocycles. The molecule has 26 heavy (non-hydrogen) atoms. The Hall–Kier alpha value is -1.48. The lowest BCUT2D eigenvalue weighted by Gasteiger charge is -2.36. The van der Waals surface area contributed by atoms with Gasteiger partial charge in [-0.05, 0) is 23.6 Å². The van der Waals surface area contributed by atoms with E-state index in [1.165, 1.54) is 4.31 Å². The van der Waals surface area contributed by atoms with Gasteiger partial charge in [0.2, 0.25) is 15.9 Å². The summed E-state index contributed by atoms with van der Waals surface area (Å²) in [5.41, 5.74) is 1.11. The Morgan fingerprint density at radius 3 is 2.35 bits per heavy atom. The minimum absolute atomic E-state index is 0.0111. The zero-order valence-corrected chi connectivity index (χ0v) is 16.2. The smallest absolute Gasteiger partial charge is 0.243 e. The van der Waals surface area contributed by atoms with E-state index in [0.717, 1.165) is 5.56 Å². The third-order valence-electron chi connectivity index (χ3n) is 4.95. The second-order valence-electron chi connectivity index (χ2n) is 7.03. The van der Waals surface area contributed by atoms with Crippen molar-refractivity contribution in [3.63, 3.8) is 0 Å². The molecule has 0 aromatic heterocycles. The molecule has 1 atom stereocenters. The lowest BCUT2D eigenvalue weighted by atomic mass is 10.0. The molecule has 1 unspecified atom stereocenters. The van der Waals surface area contributed by atoms with Crippen LogP contribution < -0.4 is 5.32 Å². The number of rotatable bonds is 4. The van der Waals surface area contributed by atoms with Gasteiger partial charge in [-0.3, -0.25) is 4.79 Å². The first-order valence-corrected chi connectivity index (χ1v) is 10.5. The lowest BCUT2D eigenvalue weighted by molar-refractivity contribution is -0.137. The van der Waals surface area contributed by atoms with Gasteiger partial charge in [-0.15, -0.1) is 0 Å². The molecular formula is C18H27N3O4S. The zero-order valence-electron chi connectivity index (χ0n) is 15.3. The van der Waals surface area contributed by atoms with Gasteiger partial charge in [0.25, 0.3) is 0 Å². The van der Waals surface area contributed by atoms with E-state index in [2.05, 4.69) is 19.2 Å². The van der Waals surface area contributed by atoms with Crippen molar-refractivity contribution in [3.05, 3.63) is 29.8 Å². The van der Waals surface area contributed by atoms with Crippen LogP contribution in [0.2, 0.25) is 0 Å². The number of ether oxygens (including phenoxy) is 1. The molecule has 2 saturated heterocycles. The minimum Gasteiger partial charge on any atom is -0.378 e. The van der Waals surface area contributed by atoms with Crippen LogP contribution >= 0.6 is 0 Å². The molecule has 0 saturated carbocycles.